The molecule has 0 saturated carbocycles. The van der Waals surface area contributed by atoms with E-state index < -0.39 is 0 Å². The van der Waals surface area contributed by atoms with E-state index in [-0.39, 0.29) is 0 Å². The van der Waals surface area contributed by atoms with Crippen LogP contribution in [0.3, 0.4) is 0 Å². The minimum atomic E-state index is 0.377. The van der Waals surface area contributed by atoms with Crippen molar-refractivity contribution in [3.05, 3.63) is 48.0 Å². The first-order valence-electron chi connectivity index (χ1n) is 6.97. The third-order valence-electron chi connectivity index (χ3n) is 3.91. The Labute approximate surface area is 116 Å². The molecular weight excluding hydrogens is 236 g/mol. The van der Waals surface area contributed by atoms with E-state index in [0.717, 1.165) is 26.3 Å². The van der Waals surface area contributed by atoms with Gasteiger partial charge in [-0.3, -0.25) is 4.90 Å². The van der Waals surface area contributed by atoms with Crippen molar-refractivity contribution < 1.29 is 4.74 Å². The zero-order valence-corrected chi connectivity index (χ0v) is 12.2. The van der Waals surface area contributed by atoms with Crippen LogP contribution in [-0.4, -0.2) is 42.1 Å². The van der Waals surface area contributed by atoms with Crippen LogP contribution in [0.15, 0.2) is 48.0 Å². The lowest BCUT2D eigenvalue weighted by atomic mass is 10.0. The van der Waals surface area contributed by atoms with Crippen LogP contribution in [0.5, 0.6) is 0 Å². The molecule has 2 rings (SSSR count). The third kappa shape index (κ3) is 2.82. The summed E-state index contributed by atoms with van der Waals surface area (Å²) in [6.07, 6.45) is 8.37. The Hall–Kier alpha value is -1.32. The van der Waals surface area contributed by atoms with Gasteiger partial charge in [-0.25, -0.2) is 0 Å². The van der Waals surface area contributed by atoms with Gasteiger partial charge in [-0.2, -0.15) is 0 Å². The highest BCUT2D eigenvalue weighted by Gasteiger charge is 2.26. The molecule has 1 saturated heterocycles. The fraction of sp³-hybridized carbons (Fsp3) is 0.500. The van der Waals surface area contributed by atoms with Crippen molar-refractivity contribution in [3.8, 4) is 0 Å². The summed E-state index contributed by atoms with van der Waals surface area (Å²) < 4.78 is 5.44. The molecule has 2 heterocycles. The smallest absolute Gasteiger partial charge is 0.0594 e. The second kappa shape index (κ2) is 6.22. The highest BCUT2D eigenvalue weighted by molar-refractivity contribution is 5.41. The highest BCUT2D eigenvalue weighted by Crippen LogP contribution is 2.29. The molecule has 0 spiro atoms. The molecule has 1 fully saturated rings. The van der Waals surface area contributed by atoms with Crippen molar-refractivity contribution >= 4 is 0 Å². The fourth-order valence-corrected chi connectivity index (χ4v) is 2.81. The Morgan fingerprint density at radius 1 is 1.32 bits per heavy atom. The summed E-state index contributed by atoms with van der Waals surface area (Å²) in [5, 5.41) is 0. The van der Waals surface area contributed by atoms with Gasteiger partial charge in [0.25, 0.3) is 0 Å². The molecule has 3 nitrogen and oxygen atoms in total. The van der Waals surface area contributed by atoms with Crippen LogP contribution in [0, 0.1) is 0 Å². The van der Waals surface area contributed by atoms with Crippen LogP contribution >= 0.6 is 0 Å². The number of nitrogens with zero attached hydrogens (tertiary/aromatic N) is 2. The molecule has 3 heteroatoms. The predicted molar refractivity (Wildman–Crippen MR) is 79.5 cm³/mol. The molecule has 2 aliphatic rings. The average molecular weight is 260 g/mol. The van der Waals surface area contributed by atoms with Gasteiger partial charge in [-0.1, -0.05) is 18.7 Å². The van der Waals surface area contributed by atoms with Crippen molar-refractivity contribution in [1.29, 1.82) is 0 Å². The Kier molecular flexibility index (Phi) is 4.61. The largest absolute Gasteiger partial charge is 0.379 e. The Balaban J connectivity index is 2.28. The molecule has 0 bridgehead atoms. The van der Waals surface area contributed by atoms with Gasteiger partial charge in [-0.15, -0.1) is 0 Å². The molecule has 0 amide bonds. The van der Waals surface area contributed by atoms with Crippen molar-refractivity contribution in [2.45, 2.75) is 26.8 Å². The number of rotatable bonds is 3. The quantitative estimate of drug-likeness (QED) is 0.776. The van der Waals surface area contributed by atoms with Gasteiger partial charge in [0, 0.05) is 36.7 Å². The van der Waals surface area contributed by atoms with E-state index >= 15 is 0 Å². The molecule has 0 radical (unpaired) electrons. The van der Waals surface area contributed by atoms with Crippen molar-refractivity contribution in [2.75, 3.05) is 26.3 Å². The van der Waals surface area contributed by atoms with Gasteiger partial charge in [0.2, 0.25) is 0 Å². The highest BCUT2D eigenvalue weighted by atomic mass is 16.5. The lowest BCUT2D eigenvalue weighted by Gasteiger charge is -2.39. The first-order chi connectivity index (χ1) is 9.19. The summed E-state index contributed by atoms with van der Waals surface area (Å²) in [6, 6.07) is 0.377. The first-order valence-corrected chi connectivity index (χ1v) is 6.97. The molecule has 19 heavy (non-hydrogen) atoms. The third-order valence-corrected chi connectivity index (χ3v) is 3.91. The zero-order chi connectivity index (χ0) is 13.8. The minimum Gasteiger partial charge on any atom is -0.379 e. The number of morpholine rings is 1. The van der Waals surface area contributed by atoms with E-state index in [1.54, 1.807) is 0 Å². The zero-order valence-electron chi connectivity index (χ0n) is 12.2. The van der Waals surface area contributed by atoms with Crippen LogP contribution in [0.2, 0.25) is 0 Å². The monoisotopic (exact) mass is 260 g/mol. The van der Waals surface area contributed by atoms with E-state index in [1.807, 2.05) is 6.20 Å². The fourth-order valence-electron chi connectivity index (χ4n) is 2.81. The lowest BCUT2D eigenvalue weighted by molar-refractivity contribution is 0.0236. The molecular formula is C16H24N2O. The van der Waals surface area contributed by atoms with E-state index in [4.69, 9.17) is 4.74 Å². The van der Waals surface area contributed by atoms with Crippen molar-refractivity contribution in [2.24, 2.45) is 0 Å². The van der Waals surface area contributed by atoms with Crippen molar-refractivity contribution in [1.82, 2.24) is 9.80 Å². The van der Waals surface area contributed by atoms with Crippen molar-refractivity contribution in [3.63, 3.8) is 0 Å². The lowest BCUT2D eigenvalue weighted by Crippen LogP contribution is -2.45. The number of allylic oxidation sites excluding steroid dienone is 4. The summed E-state index contributed by atoms with van der Waals surface area (Å²) in [7, 11) is 0. The summed E-state index contributed by atoms with van der Waals surface area (Å²) in [5.41, 5.74) is 3.83. The maximum atomic E-state index is 5.44. The second-order valence-electron chi connectivity index (χ2n) is 4.99. The van der Waals surface area contributed by atoms with E-state index in [2.05, 4.69) is 55.4 Å². The van der Waals surface area contributed by atoms with E-state index in [9.17, 15) is 0 Å². The standard InChI is InChI=1S/C16H24N2O/c1-5-15-8-7-13(3)16(18(15)6-2)14(4)17-9-11-19-12-10-17/h5-8,14H,2,9-12H2,1,3-4H3/b15-5-. The summed E-state index contributed by atoms with van der Waals surface area (Å²) in [6.45, 7) is 14.1. The molecule has 104 valence electrons. The Bertz CT molecular complexity index is 428. The van der Waals surface area contributed by atoms with Gasteiger partial charge in [0.1, 0.15) is 0 Å². The topological polar surface area (TPSA) is 15.7 Å². The minimum absolute atomic E-state index is 0.377. The van der Waals surface area contributed by atoms with Gasteiger partial charge in [0.15, 0.2) is 0 Å². The Morgan fingerprint density at radius 3 is 2.58 bits per heavy atom. The molecule has 0 aromatic rings. The molecule has 1 unspecified atom stereocenters. The second-order valence-corrected chi connectivity index (χ2v) is 4.99. The normalized spacial score (nSPS) is 25.0. The Morgan fingerprint density at radius 2 is 2.00 bits per heavy atom. The number of hydrogen-bond donors (Lipinski definition) is 0. The van der Waals surface area contributed by atoms with Crippen LogP contribution in [0.1, 0.15) is 20.8 Å². The molecule has 0 N–H and O–H groups in total. The summed E-state index contributed by atoms with van der Waals surface area (Å²) in [5.74, 6) is 0. The molecule has 1 atom stereocenters. The van der Waals surface area contributed by atoms with Crippen LogP contribution in [0.4, 0.5) is 0 Å². The summed E-state index contributed by atoms with van der Waals surface area (Å²) >= 11 is 0. The van der Waals surface area contributed by atoms with Crippen LogP contribution < -0.4 is 0 Å². The van der Waals surface area contributed by atoms with Gasteiger partial charge in [-0.05, 0) is 32.4 Å². The average Bonchev–Trinajstić information content (AvgIpc) is 2.47. The number of ether oxygens (including phenoxy) is 1. The number of hydrogen-bond acceptors (Lipinski definition) is 3. The van der Waals surface area contributed by atoms with E-state index in [1.165, 1.54) is 17.0 Å². The molecule has 2 aliphatic heterocycles. The first kappa shape index (κ1) is 14.1. The maximum Gasteiger partial charge on any atom is 0.0594 e. The molecule has 0 aliphatic carbocycles. The predicted octanol–water partition coefficient (Wildman–Crippen LogP) is 2.90. The maximum absolute atomic E-state index is 5.44. The van der Waals surface area contributed by atoms with Crippen LogP contribution in [-0.2, 0) is 4.74 Å². The SMILES string of the molecule is C=CN1C(C(C)N2CCOCC2)=C(C)C=C/C1=C/C. The molecule has 0 aromatic heterocycles. The van der Waals surface area contributed by atoms with Gasteiger partial charge < -0.3 is 9.64 Å². The van der Waals surface area contributed by atoms with Gasteiger partial charge in [0.05, 0.1) is 13.2 Å². The van der Waals surface area contributed by atoms with Gasteiger partial charge >= 0.3 is 0 Å². The van der Waals surface area contributed by atoms with Crippen LogP contribution in [0.25, 0.3) is 0 Å². The van der Waals surface area contributed by atoms with E-state index in [0.29, 0.717) is 6.04 Å². The molecule has 0 aromatic carbocycles. The summed E-state index contributed by atoms with van der Waals surface area (Å²) in [4.78, 5) is 4.68.